The van der Waals surface area contributed by atoms with Crippen LogP contribution >= 0.6 is 0 Å². The number of hydrogen-bond acceptors (Lipinski definition) is 3. The maximum atomic E-state index is 5.51. The normalized spacial score (nSPS) is 10.8. The van der Waals surface area contributed by atoms with Gasteiger partial charge in [-0.2, -0.15) is 0 Å². The Kier molecular flexibility index (Phi) is 4.53. The van der Waals surface area contributed by atoms with Gasteiger partial charge in [-0.1, -0.05) is 29.8 Å². The Balaban J connectivity index is 1.94. The Hall–Kier alpha value is -1.61. The number of oxazole rings is 1. The van der Waals surface area contributed by atoms with Crippen LogP contribution in [-0.4, -0.2) is 18.6 Å². The fraction of sp³-hybridized carbons (Fsp3) is 0.400. The van der Waals surface area contributed by atoms with Gasteiger partial charge >= 0.3 is 0 Å². The second-order valence-corrected chi connectivity index (χ2v) is 4.61. The van der Waals surface area contributed by atoms with Crippen LogP contribution in [0.5, 0.6) is 0 Å². The van der Waals surface area contributed by atoms with E-state index in [-0.39, 0.29) is 0 Å². The molecule has 0 aliphatic rings. The van der Waals surface area contributed by atoms with Crippen LogP contribution in [-0.2, 0) is 12.8 Å². The molecule has 0 atom stereocenters. The molecule has 0 radical (unpaired) electrons. The molecule has 0 bridgehead atoms. The van der Waals surface area contributed by atoms with E-state index >= 15 is 0 Å². The van der Waals surface area contributed by atoms with Gasteiger partial charge in [0.05, 0.1) is 5.69 Å². The van der Waals surface area contributed by atoms with Crippen LogP contribution in [0, 0.1) is 6.92 Å². The van der Waals surface area contributed by atoms with Crippen LogP contribution in [0.25, 0.3) is 0 Å². The average Bonchev–Trinajstić information content (AvgIpc) is 2.77. The lowest BCUT2D eigenvalue weighted by Gasteiger charge is -1.98. The molecule has 1 aromatic carbocycles. The molecule has 0 saturated heterocycles. The molecule has 0 amide bonds. The van der Waals surface area contributed by atoms with Gasteiger partial charge in [-0.25, -0.2) is 4.98 Å². The molecule has 96 valence electrons. The Morgan fingerprint density at radius 1 is 1.33 bits per heavy atom. The summed E-state index contributed by atoms with van der Waals surface area (Å²) in [6.45, 7) is 3.11. The van der Waals surface area contributed by atoms with Gasteiger partial charge < -0.3 is 9.73 Å². The van der Waals surface area contributed by atoms with E-state index in [1.807, 2.05) is 7.05 Å². The van der Waals surface area contributed by atoms with E-state index in [4.69, 9.17) is 4.42 Å². The molecular formula is C15H20N2O. The van der Waals surface area contributed by atoms with Gasteiger partial charge in [0.25, 0.3) is 0 Å². The summed E-state index contributed by atoms with van der Waals surface area (Å²) in [7, 11) is 1.96. The average molecular weight is 244 g/mol. The van der Waals surface area contributed by atoms with Crippen molar-refractivity contribution in [3.63, 3.8) is 0 Å². The molecule has 2 aromatic rings. The van der Waals surface area contributed by atoms with Crippen molar-refractivity contribution < 1.29 is 4.42 Å². The number of nitrogens with one attached hydrogen (secondary N) is 1. The Labute approximate surface area is 108 Å². The van der Waals surface area contributed by atoms with Gasteiger partial charge in [0, 0.05) is 6.42 Å². The van der Waals surface area contributed by atoms with Gasteiger partial charge in [0.1, 0.15) is 6.26 Å². The summed E-state index contributed by atoms with van der Waals surface area (Å²) in [5.74, 6) is 0.806. The molecule has 0 saturated carbocycles. The number of aryl methyl sites for hydroxylation is 2. The van der Waals surface area contributed by atoms with Gasteiger partial charge in [-0.15, -0.1) is 0 Å². The van der Waals surface area contributed by atoms with Crippen molar-refractivity contribution in [3.05, 3.63) is 53.2 Å². The van der Waals surface area contributed by atoms with E-state index in [0.717, 1.165) is 37.4 Å². The molecule has 2 rings (SSSR count). The Bertz CT molecular complexity index is 491. The zero-order valence-corrected chi connectivity index (χ0v) is 11.1. The van der Waals surface area contributed by atoms with E-state index in [0.29, 0.717) is 0 Å². The molecule has 3 nitrogen and oxygen atoms in total. The number of nitrogens with zero attached hydrogens (tertiary/aromatic N) is 1. The van der Waals surface area contributed by atoms with E-state index in [1.165, 1.54) is 11.1 Å². The lowest BCUT2D eigenvalue weighted by Crippen LogP contribution is -2.08. The van der Waals surface area contributed by atoms with Crippen molar-refractivity contribution in [3.8, 4) is 0 Å². The van der Waals surface area contributed by atoms with Crippen molar-refractivity contribution in [1.82, 2.24) is 10.3 Å². The molecule has 3 heteroatoms. The van der Waals surface area contributed by atoms with Crippen LogP contribution in [0.2, 0.25) is 0 Å². The zero-order valence-electron chi connectivity index (χ0n) is 11.1. The van der Waals surface area contributed by atoms with Gasteiger partial charge in [-0.3, -0.25) is 0 Å². The van der Waals surface area contributed by atoms with Crippen molar-refractivity contribution in [1.29, 1.82) is 0 Å². The first kappa shape index (κ1) is 12.8. The third-order valence-electron chi connectivity index (χ3n) is 2.90. The molecule has 1 N–H and O–H groups in total. The highest BCUT2D eigenvalue weighted by molar-refractivity contribution is 5.24. The van der Waals surface area contributed by atoms with Crippen LogP contribution < -0.4 is 5.32 Å². The van der Waals surface area contributed by atoms with Gasteiger partial charge in [0.2, 0.25) is 0 Å². The molecular weight excluding hydrogens is 224 g/mol. The molecule has 0 spiro atoms. The Morgan fingerprint density at radius 3 is 3.00 bits per heavy atom. The molecule has 0 fully saturated rings. The summed E-state index contributed by atoms with van der Waals surface area (Å²) in [5.41, 5.74) is 3.57. The first-order valence-electron chi connectivity index (χ1n) is 6.41. The molecule has 1 aromatic heterocycles. The van der Waals surface area contributed by atoms with Crippen molar-refractivity contribution in [2.24, 2.45) is 0 Å². The highest BCUT2D eigenvalue weighted by atomic mass is 16.3. The largest absolute Gasteiger partial charge is 0.448 e. The summed E-state index contributed by atoms with van der Waals surface area (Å²) in [5, 5.41) is 3.13. The smallest absolute Gasteiger partial charge is 0.198 e. The summed E-state index contributed by atoms with van der Waals surface area (Å²) >= 11 is 0. The minimum absolute atomic E-state index is 0.772. The number of rotatable bonds is 6. The number of hydrogen-bond donors (Lipinski definition) is 1. The van der Waals surface area contributed by atoms with E-state index < -0.39 is 0 Å². The van der Waals surface area contributed by atoms with E-state index in [9.17, 15) is 0 Å². The summed E-state index contributed by atoms with van der Waals surface area (Å²) in [6, 6.07) is 8.45. The maximum Gasteiger partial charge on any atom is 0.198 e. The summed E-state index contributed by atoms with van der Waals surface area (Å²) in [4.78, 5) is 4.51. The fourth-order valence-corrected chi connectivity index (χ4v) is 1.99. The van der Waals surface area contributed by atoms with Crippen LogP contribution in [0.1, 0.15) is 29.1 Å². The standard InChI is InChI=1S/C15H20N2O/c1-12-5-3-6-13(9-12)10-15-17-14(11-18-15)7-4-8-16-2/h3,5-6,9,11,16H,4,7-8,10H2,1-2H3. The van der Waals surface area contributed by atoms with Crippen LogP contribution in [0.4, 0.5) is 0 Å². The molecule has 18 heavy (non-hydrogen) atoms. The number of benzene rings is 1. The van der Waals surface area contributed by atoms with Crippen LogP contribution in [0.3, 0.4) is 0 Å². The van der Waals surface area contributed by atoms with E-state index in [1.54, 1.807) is 6.26 Å². The van der Waals surface area contributed by atoms with Crippen LogP contribution in [0.15, 0.2) is 34.9 Å². The van der Waals surface area contributed by atoms with E-state index in [2.05, 4.69) is 41.5 Å². The highest BCUT2D eigenvalue weighted by Crippen LogP contribution is 2.12. The molecule has 0 aliphatic heterocycles. The monoisotopic (exact) mass is 244 g/mol. The lowest BCUT2D eigenvalue weighted by atomic mass is 10.1. The first-order valence-corrected chi connectivity index (χ1v) is 6.41. The second kappa shape index (κ2) is 6.36. The Morgan fingerprint density at radius 2 is 2.22 bits per heavy atom. The summed E-state index contributed by atoms with van der Waals surface area (Å²) in [6.07, 6.45) is 4.61. The predicted molar refractivity (Wildman–Crippen MR) is 72.7 cm³/mol. The fourth-order valence-electron chi connectivity index (χ4n) is 1.99. The highest BCUT2D eigenvalue weighted by Gasteiger charge is 2.05. The zero-order chi connectivity index (χ0) is 12.8. The third-order valence-corrected chi connectivity index (χ3v) is 2.90. The summed E-state index contributed by atoms with van der Waals surface area (Å²) < 4.78 is 5.51. The van der Waals surface area contributed by atoms with Gasteiger partial charge in [0.15, 0.2) is 5.89 Å². The van der Waals surface area contributed by atoms with Crippen molar-refractivity contribution >= 4 is 0 Å². The number of aromatic nitrogens is 1. The first-order chi connectivity index (χ1) is 8.78. The minimum Gasteiger partial charge on any atom is -0.448 e. The third kappa shape index (κ3) is 3.70. The van der Waals surface area contributed by atoms with Crippen molar-refractivity contribution in [2.75, 3.05) is 13.6 Å². The minimum atomic E-state index is 0.772. The predicted octanol–water partition coefficient (Wildman–Crippen LogP) is 2.73. The molecule has 0 aliphatic carbocycles. The lowest BCUT2D eigenvalue weighted by molar-refractivity contribution is 0.506. The second-order valence-electron chi connectivity index (χ2n) is 4.61. The topological polar surface area (TPSA) is 38.1 Å². The van der Waals surface area contributed by atoms with Gasteiger partial charge in [-0.05, 0) is 38.9 Å². The molecule has 0 unspecified atom stereocenters. The van der Waals surface area contributed by atoms with Crippen molar-refractivity contribution in [2.45, 2.75) is 26.2 Å². The molecule has 1 heterocycles. The quantitative estimate of drug-likeness (QED) is 0.794. The maximum absolute atomic E-state index is 5.51. The SMILES string of the molecule is CNCCCc1coc(Cc2cccc(C)c2)n1.